The van der Waals surface area contributed by atoms with Gasteiger partial charge in [0.25, 0.3) is 0 Å². The molecule has 0 aromatic rings. The Morgan fingerprint density at radius 3 is 3.22 bits per heavy atom. The quantitative estimate of drug-likeness (QED) is 0.430. The molecule has 2 rings (SSSR count). The highest BCUT2D eigenvalue weighted by Gasteiger charge is 2.47. The predicted octanol–water partition coefficient (Wildman–Crippen LogP) is -0.811. The van der Waals surface area contributed by atoms with E-state index in [0.29, 0.717) is 6.04 Å². The summed E-state index contributed by atoms with van der Waals surface area (Å²) in [5, 5.41) is 3.14. The summed E-state index contributed by atoms with van der Waals surface area (Å²) in [4.78, 5) is 12.7. The van der Waals surface area contributed by atoms with Gasteiger partial charge in [-0.3, -0.25) is 4.79 Å². The standard InChI is InChI=1S/C6H10N2O/c1-8-4-2-3-7-5(4)6(8)9/h4-5,7H,2-3H2,1H3/t4-,5+/m1/s1. The lowest BCUT2D eigenvalue weighted by atomic mass is 9.98. The van der Waals surface area contributed by atoms with Crippen LogP contribution in [0, 0.1) is 0 Å². The Bertz CT molecular complexity index is 157. The molecule has 3 heteroatoms. The Morgan fingerprint density at radius 2 is 2.56 bits per heavy atom. The summed E-state index contributed by atoms with van der Waals surface area (Å²) in [7, 11) is 1.87. The van der Waals surface area contributed by atoms with E-state index in [1.807, 2.05) is 11.9 Å². The van der Waals surface area contributed by atoms with E-state index in [2.05, 4.69) is 5.32 Å². The maximum Gasteiger partial charge on any atom is 0.241 e. The highest BCUT2D eigenvalue weighted by atomic mass is 16.2. The first kappa shape index (κ1) is 5.23. The Kier molecular flexibility index (Phi) is 0.858. The van der Waals surface area contributed by atoms with Crippen molar-refractivity contribution in [1.29, 1.82) is 0 Å². The normalized spacial score (nSPS) is 40.6. The lowest BCUT2D eigenvalue weighted by Gasteiger charge is -2.40. The van der Waals surface area contributed by atoms with Crippen molar-refractivity contribution in [3.8, 4) is 0 Å². The van der Waals surface area contributed by atoms with Crippen LogP contribution in [-0.2, 0) is 4.79 Å². The lowest BCUT2D eigenvalue weighted by Crippen LogP contribution is -2.63. The zero-order valence-corrected chi connectivity index (χ0v) is 5.42. The van der Waals surface area contributed by atoms with E-state index < -0.39 is 0 Å². The van der Waals surface area contributed by atoms with Crippen molar-refractivity contribution in [1.82, 2.24) is 10.2 Å². The fourth-order valence-electron chi connectivity index (χ4n) is 1.66. The molecule has 2 aliphatic rings. The summed E-state index contributed by atoms with van der Waals surface area (Å²) in [6.45, 7) is 1.01. The summed E-state index contributed by atoms with van der Waals surface area (Å²) in [5.41, 5.74) is 0. The molecule has 2 atom stereocenters. The van der Waals surface area contributed by atoms with E-state index in [1.165, 1.54) is 0 Å². The van der Waals surface area contributed by atoms with Gasteiger partial charge in [-0.2, -0.15) is 0 Å². The average Bonchev–Trinajstić information content (AvgIpc) is 2.30. The van der Waals surface area contributed by atoms with Crippen LogP contribution in [-0.4, -0.2) is 36.5 Å². The van der Waals surface area contributed by atoms with Crippen molar-refractivity contribution < 1.29 is 4.79 Å². The summed E-state index contributed by atoms with van der Waals surface area (Å²) in [6.07, 6.45) is 1.13. The zero-order chi connectivity index (χ0) is 6.43. The SMILES string of the molecule is CN1C(=O)[C@H]2NCC[C@H]21. The summed E-state index contributed by atoms with van der Waals surface area (Å²) in [5.74, 6) is 0.262. The second-order valence-corrected chi connectivity index (χ2v) is 2.74. The molecule has 0 radical (unpaired) electrons. The molecule has 2 heterocycles. The Labute approximate surface area is 54.0 Å². The van der Waals surface area contributed by atoms with Gasteiger partial charge < -0.3 is 10.2 Å². The number of amides is 1. The summed E-state index contributed by atoms with van der Waals surface area (Å²) >= 11 is 0. The number of carbonyl (C=O) groups is 1. The largest absolute Gasteiger partial charge is 0.339 e. The zero-order valence-electron chi connectivity index (χ0n) is 5.42. The summed E-state index contributed by atoms with van der Waals surface area (Å²) in [6, 6.07) is 0.687. The van der Waals surface area contributed by atoms with Crippen LogP contribution in [0.3, 0.4) is 0 Å². The number of likely N-dealkylation sites (N-methyl/N-ethyl adjacent to an activating group) is 1. The Hall–Kier alpha value is -0.570. The van der Waals surface area contributed by atoms with Gasteiger partial charge in [-0.1, -0.05) is 0 Å². The van der Waals surface area contributed by atoms with Crippen LogP contribution in [0.1, 0.15) is 6.42 Å². The van der Waals surface area contributed by atoms with Gasteiger partial charge in [0, 0.05) is 7.05 Å². The topological polar surface area (TPSA) is 32.3 Å². The minimum absolute atomic E-state index is 0.176. The van der Waals surface area contributed by atoms with Gasteiger partial charge >= 0.3 is 0 Å². The number of nitrogens with one attached hydrogen (secondary N) is 1. The van der Waals surface area contributed by atoms with E-state index in [1.54, 1.807) is 0 Å². The van der Waals surface area contributed by atoms with Gasteiger partial charge in [-0.15, -0.1) is 0 Å². The minimum Gasteiger partial charge on any atom is -0.339 e. The van der Waals surface area contributed by atoms with Crippen molar-refractivity contribution in [2.45, 2.75) is 18.5 Å². The molecule has 0 saturated carbocycles. The number of fused-ring (bicyclic) bond motifs is 1. The second kappa shape index (κ2) is 1.48. The fraction of sp³-hybridized carbons (Fsp3) is 0.833. The summed E-state index contributed by atoms with van der Waals surface area (Å²) < 4.78 is 0. The van der Waals surface area contributed by atoms with Crippen molar-refractivity contribution in [2.75, 3.05) is 13.6 Å². The molecule has 0 spiro atoms. The number of hydrogen-bond acceptors (Lipinski definition) is 2. The Morgan fingerprint density at radius 1 is 1.78 bits per heavy atom. The highest BCUT2D eigenvalue weighted by molar-refractivity contribution is 5.89. The van der Waals surface area contributed by atoms with Gasteiger partial charge in [-0.05, 0) is 13.0 Å². The van der Waals surface area contributed by atoms with Crippen molar-refractivity contribution in [3.63, 3.8) is 0 Å². The van der Waals surface area contributed by atoms with Crippen molar-refractivity contribution in [3.05, 3.63) is 0 Å². The first-order chi connectivity index (χ1) is 4.30. The lowest BCUT2D eigenvalue weighted by molar-refractivity contribution is -0.145. The van der Waals surface area contributed by atoms with Gasteiger partial charge in [0.2, 0.25) is 5.91 Å². The Balaban J connectivity index is 2.14. The van der Waals surface area contributed by atoms with Gasteiger partial charge in [0.05, 0.1) is 6.04 Å². The molecule has 0 aliphatic carbocycles. The third-order valence-corrected chi connectivity index (χ3v) is 2.30. The van der Waals surface area contributed by atoms with Crippen LogP contribution in [0.15, 0.2) is 0 Å². The van der Waals surface area contributed by atoms with Crippen LogP contribution in [0.2, 0.25) is 0 Å². The van der Waals surface area contributed by atoms with Crippen molar-refractivity contribution in [2.24, 2.45) is 0 Å². The molecule has 2 aliphatic heterocycles. The predicted molar refractivity (Wildman–Crippen MR) is 33.0 cm³/mol. The number of β-lactam (4-membered cyclic amide) rings is 1. The molecule has 0 aromatic heterocycles. The molecule has 1 N–H and O–H groups in total. The van der Waals surface area contributed by atoms with Crippen LogP contribution >= 0.6 is 0 Å². The van der Waals surface area contributed by atoms with Gasteiger partial charge in [0.1, 0.15) is 6.04 Å². The second-order valence-electron chi connectivity index (χ2n) is 2.74. The third kappa shape index (κ3) is 0.477. The number of likely N-dealkylation sites (tertiary alicyclic amines) is 1. The minimum atomic E-state index is 0.176. The molecule has 0 unspecified atom stereocenters. The molecule has 0 aromatic carbocycles. The van der Waals surface area contributed by atoms with Crippen LogP contribution in [0.25, 0.3) is 0 Å². The molecule has 2 fully saturated rings. The molecule has 0 bridgehead atoms. The molecule has 3 nitrogen and oxygen atoms in total. The van der Waals surface area contributed by atoms with E-state index in [-0.39, 0.29) is 11.9 Å². The molecule has 2 saturated heterocycles. The fourth-order valence-corrected chi connectivity index (χ4v) is 1.66. The highest BCUT2D eigenvalue weighted by Crippen LogP contribution is 2.24. The maximum atomic E-state index is 10.9. The van der Waals surface area contributed by atoms with E-state index >= 15 is 0 Å². The maximum absolute atomic E-state index is 10.9. The third-order valence-electron chi connectivity index (χ3n) is 2.30. The molecular weight excluding hydrogens is 116 g/mol. The van der Waals surface area contributed by atoms with Gasteiger partial charge in [-0.25, -0.2) is 0 Å². The molecule has 50 valence electrons. The average molecular weight is 126 g/mol. The monoisotopic (exact) mass is 126 g/mol. The number of carbonyl (C=O) groups excluding carboxylic acids is 1. The molecular formula is C6H10N2O. The van der Waals surface area contributed by atoms with Crippen molar-refractivity contribution >= 4 is 5.91 Å². The van der Waals surface area contributed by atoms with Crippen LogP contribution < -0.4 is 5.32 Å². The number of hydrogen-bond donors (Lipinski definition) is 1. The first-order valence-corrected chi connectivity index (χ1v) is 3.31. The van der Waals surface area contributed by atoms with Crippen LogP contribution in [0.4, 0.5) is 0 Å². The van der Waals surface area contributed by atoms with Crippen LogP contribution in [0.5, 0.6) is 0 Å². The van der Waals surface area contributed by atoms with E-state index in [9.17, 15) is 4.79 Å². The number of rotatable bonds is 0. The smallest absolute Gasteiger partial charge is 0.241 e. The number of nitrogens with zero attached hydrogens (tertiary/aromatic N) is 1. The molecule has 9 heavy (non-hydrogen) atoms. The first-order valence-electron chi connectivity index (χ1n) is 3.31. The van der Waals surface area contributed by atoms with E-state index in [4.69, 9.17) is 0 Å². The van der Waals surface area contributed by atoms with Gasteiger partial charge in [0.15, 0.2) is 0 Å². The van der Waals surface area contributed by atoms with E-state index in [0.717, 1.165) is 13.0 Å². The molecule has 1 amide bonds.